The molecule has 1 saturated heterocycles. The molecule has 0 aromatic carbocycles. The van der Waals surface area contributed by atoms with Crippen LogP contribution in [0, 0.1) is 5.92 Å². The molecule has 0 aliphatic carbocycles. The molecular formula is C11H22ClN3O. The fourth-order valence-corrected chi connectivity index (χ4v) is 1.96. The topological polar surface area (TPSA) is 44.4 Å². The number of nitrogens with zero attached hydrogens (tertiary/aromatic N) is 1. The molecule has 0 spiro atoms. The third-order valence-electron chi connectivity index (χ3n) is 2.67. The van der Waals surface area contributed by atoms with Gasteiger partial charge in [0.25, 0.3) is 0 Å². The monoisotopic (exact) mass is 247 g/mol. The third kappa shape index (κ3) is 5.49. The molecule has 0 radical (unpaired) electrons. The van der Waals surface area contributed by atoms with E-state index in [9.17, 15) is 4.79 Å². The summed E-state index contributed by atoms with van der Waals surface area (Å²) in [7, 11) is 1.97. The van der Waals surface area contributed by atoms with Gasteiger partial charge in [-0.1, -0.05) is 6.08 Å². The molecule has 94 valence electrons. The lowest BCUT2D eigenvalue weighted by molar-refractivity contribution is -0.121. The van der Waals surface area contributed by atoms with E-state index in [-0.39, 0.29) is 18.3 Å². The molecule has 1 aliphatic rings. The Labute approximate surface area is 104 Å². The van der Waals surface area contributed by atoms with Gasteiger partial charge in [-0.2, -0.15) is 0 Å². The first-order chi connectivity index (χ1) is 7.26. The first kappa shape index (κ1) is 15.4. The Morgan fingerprint density at radius 3 is 3.00 bits per heavy atom. The predicted octanol–water partition coefficient (Wildman–Crippen LogP) is 0.252. The van der Waals surface area contributed by atoms with Crippen molar-refractivity contribution < 1.29 is 4.79 Å². The van der Waals surface area contributed by atoms with Gasteiger partial charge in [0.05, 0.1) is 6.54 Å². The molecule has 1 amide bonds. The van der Waals surface area contributed by atoms with Crippen LogP contribution >= 0.6 is 12.4 Å². The molecule has 0 aromatic heterocycles. The highest BCUT2D eigenvalue weighted by molar-refractivity contribution is 5.85. The van der Waals surface area contributed by atoms with Crippen LogP contribution in [-0.2, 0) is 4.79 Å². The second-order valence-corrected chi connectivity index (χ2v) is 4.04. The highest BCUT2D eigenvalue weighted by atomic mass is 35.5. The van der Waals surface area contributed by atoms with Gasteiger partial charge in [0, 0.05) is 13.1 Å². The Hall–Kier alpha value is -0.580. The van der Waals surface area contributed by atoms with Crippen molar-refractivity contribution in [3.8, 4) is 0 Å². The number of nitrogens with one attached hydrogen (secondary N) is 2. The highest BCUT2D eigenvalue weighted by Gasteiger charge is 2.22. The van der Waals surface area contributed by atoms with Crippen LogP contribution in [0.1, 0.15) is 6.42 Å². The molecule has 0 saturated carbocycles. The normalized spacial score (nSPS) is 20.2. The third-order valence-corrected chi connectivity index (χ3v) is 2.67. The van der Waals surface area contributed by atoms with Crippen LogP contribution in [-0.4, -0.2) is 50.6 Å². The molecule has 1 aliphatic heterocycles. The first-order valence-corrected chi connectivity index (χ1v) is 5.50. The first-order valence-electron chi connectivity index (χ1n) is 5.50. The van der Waals surface area contributed by atoms with E-state index in [1.807, 2.05) is 7.05 Å². The Balaban J connectivity index is 0.00000225. The summed E-state index contributed by atoms with van der Waals surface area (Å²) in [5.74, 6) is 0.794. The number of carbonyl (C=O) groups is 1. The molecule has 4 nitrogen and oxygen atoms in total. The standard InChI is InChI=1S/C11H21N3O.ClH/c1-3-5-13-11(15)9-14-6-4-10(8-14)7-12-2;/h3,10,12H,1,4-9H2,2H3,(H,13,15);1H. The number of amides is 1. The zero-order valence-corrected chi connectivity index (χ0v) is 10.7. The molecule has 0 aromatic rings. The second-order valence-electron chi connectivity index (χ2n) is 4.04. The summed E-state index contributed by atoms with van der Waals surface area (Å²) < 4.78 is 0. The lowest BCUT2D eigenvalue weighted by Gasteiger charge is -2.15. The highest BCUT2D eigenvalue weighted by Crippen LogP contribution is 2.14. The minimum Gasteiger partial charge on any atom is -0.352 e. The minimum absolute atomic E-state index is 0. The minimum atomic E-state index is 0. The molecule has 1 heterocycles. The molecule has 1 atom stereocenters. The van der Waals surface area contributed by atoms with Gasteiger partial charge in [-0.3, -0.25) is 9.69 Å². The Bertz CT molecular complexity index is 223. The van der Waals surface area contributed by atoms with Crippen LogP contribution in [0.2, 0.25) is 0 Å². The van der Waals surface area contributed by atoms with E-state index < -0.39 is 0 Å². The fraction of sp³-hybridized carbons (Fsp3) is 0.727. The van der Waals surface area contributed by atoms with Gasteiger partial charge in [0.15, 0.2) is 0 Å². The van der Waals surface area contributed by atoms with Gasteiger partial charge in [0.2, 0.25) is 5.91 Å². The number of halogens is 1. The van der Waals surface area contributed by atoms with E-state index >= 15 is 0 Å². The van der Waals surface area contributed by atoms with E-state index in [4.69, 9.17) is 0 Å². The van der Waals surface area contributed by atoms with E-state index in [1.165, 1.54) is 6.42 Å². The zero-order valence-electron chi connectivity index (χ0n) is 9.87. The molecule has 2 N–H and O–H groups in total. The maximum atomic E-state index is 11.4. The maximum absolute atomic E-state index is 11.4. The number of hydrogen-bond acceptors (Lipinski definition) is 3. The largest absolute Gasteiger partial charge is 0.352 e. The van der Waals surface area contributed by atoms with Gasteiger partial charge in [-0.25, -0.2) is 0 Å². The van der Waals surface area contributed by atoms with E-state index in [0.717, 1.165) is 19.6 Å². The van der Waals surface area contributed by atoms with Crippen LogP contribution in [0.5, 0.6) is 0 Å². The van der Waals surface area contributed by atoms with Crippen LogP contribution in [0.4, 0.5) is 0 Å². The average molecular weight is 248 g/mol. The van der Waals surface area contributed by atoms with Crippen molar-refractivity contribution in [3.05, 3.63) is 12.7 Å². The molecule has 16 heavy (non-hydrogen) atoms. The van der Waals surface area contributed by atoms with Crippen molar-refractivity contribution in [2.45, 2.75) is 6.42 Å². The Morgan fingerprint density at radius 2 is 2.38 bits per heavy atom. The van der Waals surface area contributed by atoms with Gasteiger partial charge < -0.3 is 10.6 Å². The molecule has 0 bridgehead atoms. The van der Waals surface area contributed by atoms with Gasteiger partial charge in [0.1, 0.15) is 0 Å². The van der Waals surface area contributed by atoms with Crippen LogP contribution in [0.3, 0.4) is 0 Å². The van der Waals surface area contributed by atoms with Crippen LogP contribution in [0.25, 0.3) is 0 Å². The molecule has 1 fully saturated rings. The van der Waals surface area contributed by atoms with Crippen molar-refractivity contribution in [1.29, 1.82) is 0 Å². The van der Waals surface area contributed by atoms with E-state index in [0.29, 0.717) is 19.0 Å². The molecular weight excluding hydrogens is 226 g/mol. The SMILES string of the molecule is C=CCNC(=O)CN1CCC(CNC)C1.Cl. The number of likely N-dealkylation sites (tertiary alicyclic amines) is 1. The van der Waals surface area contributed by atoms with Crippen molar-refractivity contribution in [3.63, 3.8) is 0 Å². The van der Waals surface area contributed by atoms with Crippen molar-refractivity contribution in [2.24, 2.45) is 5.92 Å². The van der Waals surface area contributed by atoms with Gasteiger partial charge in [-0.05, 0) is 32.5 Å². The quantitative estimate of drug-likeness (QED) is 0.662. The van der Waals surface area contributed by atoms with Gasteiger partial charge >= 0.3 is 0 Å². The Kier molecular flexibility index (Phi) is 8.25. The van der Waals surface area contributed by atoms with Crippen LogP contribution < -0.4 is 10.6 Å². The van der Waals surface area contributed by atoms with E-state index in [2.05, 4.69) is 22.1 Å². The van der Waals surface area contributed by atoms with Crippen molar-refractivity contribution >= 4 is 18.3 Å². The van der Waals surface area contributed by atoms with Crippen LogP contribution in [0.15, 0.2) is 12.7 Å². The van der Waals surface area contributed by atoms with E-state index in [1.54, 1.807) is 6.08 Å². The van der Waals surface area contributed by atoms with Crippen molar-refractivity contribution in [1.82, 2.24) is 15.5 Å². The zero-order chi connectivity index (χ0) is 11.1. The summed E-state index contributed by atoms with van der Waals surface area (Å²) in [6.07, 6.45) is 2.89. The predicted molar refractivity (Wildman–Crippen MR) is 68.9 cm³/mol. The fourth-order valence-electron chi connectivity index (χ4n) is 1.96. The smallest absolute Gasteiger partial charge is 0.234 e. The summed E-state index contributed by atoms with van der Waals surface area (Å²) in [5.41, 5.74) is 0. The number of hydrogen-bond donors (Lipinski definition) is 2. The summed E-state index contributed by atoms with van der Waals surface area (Å²) >= 11 is 0. The molecule has 1 rings (SSSR count). The summed E-state index contributed by atoms with van der Waals surface area (Å²) in [5, 5.41) is 5.97. The Morgan fingerprint density at radius 1 is 1.62 bits per heavy atom. The maximum Gasteiger partial charge on any atom is 0.234 e. The lowest BCUT2D eigenvalue weighted by Crippen LogP contribution is -2.36. The average Bonchev–Trinajstić information content (AvgIpc) is 2.63. The summed E-state index contributed by atoms with van der Waals surface area (Å²) in [6, 6.07) is 0. The number of rotatable bonds is 6. The molecule has 1 unspecified atom stereocenters. The summed E-state index contributed by atoms with van der Waals surface area (Å²) in [4.78, 5) is 13.6. The molecule has 5 heteroatoms. The summed E-state index contributed by atoms with van der Waals surface area (Å²) in [6.45, 7) is 7.76. The number of carbonyl (C=O) groups excluding carboxylic acids is 1. The second kappa shape index (κ2) is 8.56. The van der Waals surface area contributed by atoms with Crippen molar-refractivity contribution in [2.75, 3.05) is 39.8 Å². The lowest BCUT2D eigenvalue weighted by atomic mass is 10.1. The van der Waals surface area contributed by atoms with Gasteiger partial charge in [-0.15, -0.1) is 19.0 Å².